The molecule has 4 rings (SSSR count). The molecule has 0 bridgehead atoms. The number of hydrogen-bond donors (Lipinski definition) is 0. The highest BCUT2D eigenvalue weighted by Gasteiger charge is 2.53. The number of ketones is 1. The van der Waals surface area contributed by atoms with Gasteiger partial charge in [0.15, 0.2) is 5.78 Å². The molecule has 1 unspecified atom stereocenters. The molecule has 0 aromatic heterocycles. The summed E-state index contributed by atoms with van der Waals surface area (Å²) in [5, 5.41) is 0. The summed E-state index contributed by atoms with van der Waals surface area (Å²) in [5.74, 6) is -3.74. The predicted molar refractivity (Wildman–Crippen MR) is 135 cm³/mol. The van der Waals surface area contributed by atoms with E-state index >= 15 is 0 Å². The maximum atomic E-state index is 14.3. The molecule has 1 aliphatic carbocycles. The van der Waals surface area contributed by atoms with Crippen LogP contribution in [0.3, 0.4) is 0 Å². The van der Waals surface area contributed by atoms with Crippen LogP contribution in [0.15, 0.2) is 70.9 Å². The predicted octanol–water partition coefficient (Wildman–Crippen LogP) is 4.62. The van der Waals surface area contributed by atoms with Gasteiger partial charge in [0.25, 0.3) is 0 Å². The van der Waals surface area contributed by atoms with Crippen molar-refractivity contribution in [2.75, 3.05) is 20.3 Å². The van der Waals surface area contributed by atoms with Crippen LogP contribution in [-0.4, -0.2) is 43.8 Å². The van der Waals surface area contributed by atoms with Crippen molar-refractivity contribution in [3.8, 4) is 5.75 Å². The van der Waals surface area contributed by atoms with Crippen LogP contribution in [0.5, 0.6) is 5.75 Å². The Labute approximate surface area is 211 Å². The van der Waals surface area contributed by atoms with Gasteiger partial charge in [0.1, 0.15) is 11.7 Å². The Morgan fingerprint density at radius 3 is 2.28 bits per heavy atom. The van der Waals surface area contributed by atoms with E-state index in [4.69, 9.17) is 19.2 Å². The lowest BCUT2D eigenvalue weighted by Crippen LogP contribution is -2.48. The molecule has 4 atom stereocenters. The molecule has 0 amide bonds. The average molecular weight is 490 g/mol. The zero-order valence-corrected chi connectivity index (χ0v) is 21.0. The molecular weight excluding hydrogens is 458 g/mol. The van der Waals surface area contributed by atoms with Crippen LogP contribution in [0.25, 0.3) is 0 Å². The third-order valence-electron chi connectivity index (χ3n) is 6.88. The number of benzene rings is 2. The molecule has 0 spiro atoms. The number of Topliss-reactive ketones (excluding diaryl/α,β-unsaturated/α-hetero) is 1. The lowest BCUT2D eigenvalue weighted by atomic mass is 9.62. The smallest absolute Gasteiger partial charge is 0.336 e. The number of allylic oxidation sites excluding steroid dienone is 1. The summed E-state index contributed by atoms with van der Waals surface area (Å²) in [6.07, 6.45) is 0.358. The Kier molecular flexibility index (Phi) is 7.67. The first-order valence-corrected chi connectivity index (χ1v) is 12.3. The minimum atomic E-state index is -1.06. The number of hydrogen-bond acceptors (Lipinski definition) is 7. The molecule has 1 aliphatic heterocycles. The Balaban J connectivity index is 1.90. The number of rotatable bonds is 7. The van der Waals surface area contributed by atoms with Crippen LogP contribution in [0.4, 0.5) is 0 Å². The van der Waals surface area contributed by atoms with Gasteiger partial charge in [0.05, 0.1) is 31.8 Å². The topological polar surface area (TPSA) is 91.3 Å². The summed E-state index contributed by atoms with van der Waals surface area (Å²) in [6.45, 7) is 5.58. The highest BCUT2D eigenvalue weighted by Crippen LogP contribution is 2.49. The molecule has 1 fully saturated rings. The number of aliphatic imine (C=N–C) groups is 1. The summed E-state index contributed by atoms with van der Waals surface area (Å²) in [6, 6.07) is 16.8. The molecule has 7 heteroatoms. The first kappa shape index (κ1) is 25.4. The lowest BCUT2D eigenvalue weighted by Gasteiger charge is -2.41. The van der Waals surface area contributed by atoms with Crippen molar-refractivity contribution in [3.63, 3.8) is 0 Å². The summed E-state index contributed by atoms with van der Waals surface area (Å²) in [4.78, 5) is 45.4. The van der Waals surface area contributed by atoms with Crippen molar-refractivity contribution in [1.82, 2.24) is 0 Å². The molecule has 2 aliphatic rings. The zero-order chi connectivity index (χ0) is 25.8. The second kappa shape index (κ2) is 10.9. The third-order valence-corrected chi connectivity index (χ3v) is 6.88. The maximum Gasteiger partial charge on any atom is 0.336 e. The minimum absolute atomic E-state index is 0.155. The second-order valence-electron chi connectivity index (χ2n) is 8.87. The van der Waals surface area contributed by atoms with Crippen molar-refractivity contribution in [2.45, 2.75) is 39.0 Å². The molecule has 0 N–H and O–H groups in total. The fourth-order valence-corrected chi connectivity index (χ4v) is 5.44. The molecule has 1 saturated carbocycles. The standard InChI is InChI=1S/C29H31NO6/c1-5-35-28(32)23-17(3)30-21-16-20(19-14-10-11-15-22(19)34-4)25(29(33)36-6-2)27(31)26(21)24(23)18-12-8-7-9-13-18/h7-15,20,24-26H,5-6,16H2,1-4H3/t20-,24-,25-,26?/m1/s1. The van der Waals surface area contributed by atoms with Crippen LogP contribution in [0.1, 0.15) is 50.2 Å². The number of carbonyl (C=O) groups is 3. The molecule has 7 nitrogen and oxygen atoms in total. The quantitative estimate of drug-likeness (QED) is 0.416. The van der Waals surface area contributed by atoms with Gasteiger partial charge in [-0.15, -0.1) is 0 Å². The van der Waals surface area contributed by atoms with E-state index in [1.807, 2.05) is 54.6 Å². The number of methoxy groups -OCH3 is 1. The van der Waals surface area contributed by atoms with Gasteiger partial charge in [0.2, 0.25) is 0 Å². The first-order chi connectivity index (χ1) is 17.4. The molecule has 2 aromatic rings. The summed E-state index contributed by atoms with van der Waals surface area (Å²) in [5.41, 5.74) is 3.07. The fourth-order valence-electron chi connectivity index (χ4n) is 5.44. The van der Waals surface area contributed by atoms with Gasteiger partial charge in [-0.2, -0.15) is 0 Å². The molecular formula is C29H31NO6. The van der Waals surface area contributed by atoms with Crippen LogP contribution in [0.2, 0.25) is 0 Å². The van der Waals surface area contributed by atoms with Crippen LogP contribution in [-0.2, 0) is 23.9 Å². The van der Waals surface area contributed by atoms with Crippen molar-refractivity contribution in [1.29, 1.82) is 0 Å². The fraction of sp³-hybridized carbons (Fsp3) is 0.379. The van der Waals surface area contributed by atoms with E-state index < -0.39 is 35.6 Å². The monoisotopic (exact) mass is 489 g/mol. The molecule has 36 heavy (non-hydrogen) atoms. The van der Waals surface area contributed by atoms with Crippen LogP contribution in [0, 0.1) is 11.8 Å². The lowest BCUT2D eigenvalue weighted by molar-refractivity contribution is -0.153. The van der Waals surface area contributed by atoms with Gasteiger partial charge in [0, 0.05) is 23.2 Å². The Morgan fingerprint density at radius 1 is 0.944 bits per heavy atom. The molecule has 0 radical (unpaired) electrons. The van der Waals surface area contributed by atoms with Gasteiger partial charge in [-0.3, -0.25) is 14.6 Å². The number of nitrogens with zero attached hydrogens (tertiary/aromatic N) is 1. The highest BCUT2D eigenvalue weighted by atomic mass is 16.5. The average Bonchev–Trinajstić information content (AvgIpc) is 2.88. The molecule has 0 saturated heterocycles. The number of carbonyl (C=O) groups excluding carboxylic acids is 3. The first-order valence-electron chi connectivity index (χ1n) is 12.3. The van der Waals surface area contributed by atoms with Gasteiger partial charge >= 0.3 is 11.9 Å². The number of fused-ring (bicyclic) bond motifs is 1. The third kappa shape index (κ3) is 4.57. The van der Waals surface area contributed by atoms with Crippen LogP contribution >= 0.6 is 0 Å². The van der Waals surface area contributed by atoms with E-state index in [-0.39, 0.29) is 19.0 Å². The van der Waals surface area contributed by atoms with Gasteiger partial charge < -0.3 is 14.2 Å². The Morgan fingerprint density at radius 2 is 1.61 bits per heavy atom. The number of para-hydroxylation sites is 1. The normalized spacial score (nSPS) is 23.4. The maximum absolute atomic E-state index is 14.3. The Hall–Kier alpha value is -3.74. The van der Waals surface area contributed by atoms with E-state index in [0.29, 0.717) is 29.2 Å². The number of esters is 2. The van der Waals surface area contributed by atoms with E-state index in [0.717, 1.165) is 11.1 Å². The zero-order valence-electron chi connectivity index (χ0n) is 21.0. The second-order valence-corrected chi connectivity index (χ2v) is 8.87. The largest absolute Gasteiger partial charge is 0.496 e. The van der Waals surface area contributed by atoms with Gasteiger partial charge in [-0.05, 0) is 44.4 Å². The molecule has 2 aromatic carbocycles. The van der Waals surface area contributed by atoms with Crippen molar-refractivity contribution in [2.24, 2.45) is 16.8 Å². The van der Waals surface area contributed by atoms with Crippen molar-refractivity contribution >= 4 is 23.4 Å². The van der Waals surface area contributed by atoms with Crippen molar-refractivity contribution < 1.29 is 28.6 Å². The molecule has 1 heterocycles. The summed E-state index contributed by atoms with van der Waals surface area (Å²) >= 11 is 0. The number of ether oxygens (including phenoxy) is 3. The summed E-state index contributed by atoms with van der Waals surface area (Å²) < 4.78 is 16.3. The van der Waals surface area contributed by atoms with Gasteiger partial charge in [-0.1, -0.05) is 48.5 Å². The van der Waals surface area contributed by atoms with E-state index in [9.17, 15) is 14.4 Å². The Bertz CT molecular complexity index is 1220. The van der Waals surface area contributed by atoms with E-state index in [1.54, 1.807) is 27.9 Å². The SMILES string of the molecule is CCOC(=O)C1=C(C)N=C2C[C@H](c3ccccc3OC)[C@@H](C(=O)OCC)C(=O)C2[C@@H]1c1ccccc1. The minimum Gasteiger partial charge on any atom is -0.496 e. The van der Waals surface area contributed by atoms with Crippen molar-refractivity contribution in [3.05, 3.63) is 77.0 Å². The molecule has 188 valence electrons. The highest BCUT2D eigenvalue weighted by molar-refractivity contribution is 6.18. The van der Waals surface area contributed by atoms with E-state index in [2.05, 4.69) is 0 Å². The summed E-state index contributed by atoms with van der Waals surface area (Å²) in [7, 11) is 1.56. The van der Waals surface area contributed by atoms with E-state index in [1.165, 1.54) is 0 Å². The van der Waals surface area contributed by atoms with Crippen LogP contribution < -0.4 is 4.74 Å². The van der Waals surface area contributed by atoms with Gasteiger partial charge in [-0.25, -0.2) is 4.79 Å².